The van der Waals surface area contributed by atoms with Gasteiger partial charge in [-0.15, -0.1) is 11.6 Å². The average molecular weight is 273 g/mol. The van der Waals surface area contributed by atoms with Crippen molar-refractivity contribution in [1.82, 2.24) is 0 Å². The lowest BCUT2D eigenvalue weighted by Gasteiger charge is -2.17. The Kier molecular flexibility index (Phi) is 4.35. The monoisotopic (exact) mass is 272 g/mol. The van der Waals surface area contributed by atoms with Crippen molar-refractivity contribution in [3.63, 3.8) is 0 Å². The van der Waals surface area contributed by atoms with Crippen LogP contribution >= 0.6 is 11.6 Å². The fourth-order valence-corrected chi connectivity index (χ4v) is 1.40. The Balaban J connectivity index is 3.06. The molecule has 0 radical (unpaired) electrons. The maximum atomic E-state index is 13.3. The lowest BCUT2D eigenvalue weighted by Crippen LogP contribution is -2.21. The summed E-state index contributed by atoms with van der Waals surface area (Å²) in [5.41, 5.74) is -1.59. The van der Waals surface area contributed by atoms with Gasteiger partial charge in [0.1, 0.15) is 11.9 Å². The van der Waals surface area contributed by atoms with Crippen LogP contribution in [0.1, 0.15) is 17.2 Å². The molecule has 0 spiro atoms. The van der Waals surface area contributed by atoms with Crippen LogP contribution in [0.4, 0.5) is 17.6 Å². The van der Waals surface area contributed by atoms with E-state index in [1.54, 1.807) is 0 Å². The number of rotatable bonds is 3. The van der Waals surface area contributed by atoms with Crippen molar-refractivity contribution >= 4 is 11.6 Å². The molecule has 0 aliphatic carbocycles. The number of hydrogen-bond donors (Lipinski definition) is 2. The predicted molar refractivity (Wildman–Crippen MR) is 53.1 cm³/mol. The van der Waals surface area contributed by atoms with Gasteiger partial charge in [-0.2, -0.15) is 13.2 Å². The van der Waals surface area contributed by atoms with Gasteiger partial charge in [0.15, 0.2) is 0 Å². The largest absolute Gasteiger partial charge is 0.416 e. The zero-order valence-electron chi connectivity index (χ0n) is 8.38. The number of alkyl halides is 4. The van der Waals surface area contributed by atoms with Crippen molar-refractivity contribution in [2.45, 2.75) is 18.4 Å². The molecule has 7 heteroatoms. The van der Waals surface area contributed by atoms with Crippen LogP contribution in [0.2, 0.25) is 0 Å². The van der Waals surface area contributed by atoms with E-state index in [1.165, 1.54) is 0 Å². The summed E-state index contributed by atoms with van der Waals surface area (Å²) in [6, 6.07) is 1.67. The van der Waals surface area contributed by atoms with Crippen molar-refractivity contribution in [3.8, 4) is 0 Å². The Morgan fingerprint density at radius 1 is 1.24 bits per heavy atom. The van der Waals surface area contributed by atoms with E-state index in [2.05, 4.69) is 0 Å². The molecule has 1 aromatic carbocycles. The molecule has 0 heterocycles. The maximum absolute atomic E-state index is 13.3. The molecule has 2 N–H and O–H groups in total. The molecular formula is C10H9ClF4O2. The number of halogens is 5. The first-order valence-electron chi connectivity index (χ1n) is 4.56. The molecule has 2 nitrogen and oxygen atoms in total. The van der Waals surface area contributed by atoms with Crippen molar-refractivity contribution < 1.29 is 27.8 Å². The lowest BCUT2D eigenvalue weighted by molar-refractivity contribution is -0.137. The van der Waals surface area contributed by atoms with Crippen LogP contribution in [0.25, 0.3) is 0 Å². The Morgan fingerprint density at radius 2 is 1.82 bits per heavy atom. The molecule has 0 aliphatic heterocycles. The van der Waals surface area contributed by atoms with Crippen LogP contribution < -0.4 is 0 Å². The van der Waals surface area contributed by atoms with Crippen LogP contribution in [-0.4, -0.2) is 22.2 Å². The molecule has 0 aromatic heterocycles. The summed E-state index contributed by atoms with van der Waals surface area (Å²) in [5, 5.41) is 18.6. The summed E-state index contributed by atoms with van der Waals surface area (Å²) >= 11 is 5.24. The molecule has 0 saturated carbocycles. The fraction of sp³-hybridized carbons (Fsp3) is 0.400. The zero-order valence-corrected chi connectivity index (χ0v) is 9.13. The first kappa shape index (κ1) is 14.2. The van der Waals surface area contributed by atoms with E-state index >= 15 is 0 Å². The van der Waals surface area contributed by atoms with Crippen LogP contribution in [0.15, 0.2) is 18.2 Å². The predicted octanol–water partition coefficient (Wildman–Crippen LogP) is 2.48. The smallest absolute Gasteiger partial charge is 0.389 e. The van der Waals surface area contributed by atoms with E-state index in [0.29, 0.717) is 6.07 Å². The first-order valence-corrected chi connectivity index (χ1v) is 5.09. The first-order chi connectivity index (χ1) is 7.77. The highest BCUT2D eigenvalue weighted by molar-refractivity contribution is 6.18. The molecule has 96 valence electrons. The number of aliphatic hydroxyl groups is 2. The minimum atomic E-state index is -4.66. The third-order valence-electron chi connectivity index (χ3n) is 2.17. The summed E-state index contributed by atoms with van der Waals surface area (Å²) in [4.78, 5) is 0. The highest BCUT2D eigenvalue weighted by Crippen LogP contribution is 2.31. The van der Waals surface area contributed by atoms with Crippen LogP contribution in [0.3, 0.4) is 0 Å². The molecule has 0 aliphatic rings. The summed E-state index contributed by atoms with van der Waals surface area (Å²) in [5.74, 6) is -1.60. The second-order valence-corrected chi connectivity index (χ2v) is 3.71. The molecule has 0 fully saturated rings. The van der Waals surface area contributed by atoms with Gasteiger partial charge in [-0.25, -0.2) is 4.39 Å². The van der Waals surface area contributed by atoms with E-state index in [9.17, 15) is 22.7 Å². The van der Waals surface area contributed by atoms with E-state index in [0.717, 1.165) is 6.07 Å². The zero-order chi connectivity index (χ0) is 13.2. The van der Waals surface area contributed by atoms with E-state index < -0.39 is 35.3 Å². The number of aliphatic hydroxyl groups excluding tert-OH is 2. The van der Waals surface area contributed by atoms with Gasteiger partial charge in [-0.1, -0.05) is 6.07 Å². The summed E-state index contributed by atoms with van der Waals surface area (Å²) in [6.07, 6.45) is -7.76. The Bertz CT molecular complexity index is 394. The highest BCUT2D eigenvalue weighted by Gasteiger charge is 2.32. The summed E-state index contributed by atoms with van der Waals surface area (Å²) in [6.45, 7) is 0. The van der Waals surface area contributed by atoms with Crippen molar-refractivity contribution in [3.05, 3.63) is 35.1 Å². The minimum Gasteiger partial charge on any atom is -0.389 e. The topological polar surface area (TPSA) is 40.5 Å². The van der Waals surface area contributed by atoms with Crippen LogP contribution in [-0.2, 0) is 6.18 Å². The van der Waals surface area contributed by atoms with E-state index in [4.69, 9.17) is 16.7 Å². The molecule has 0 saturated heterocycles. The Morgan fingerprint density at radius 3 is 2.24 bits per heavy atom. The van der Waals surface area contributed by atoms with Gasteiger partial charge in [0.2, 0.25) is 0 Å². The summed E-state index contributed by atoms with van der Waals surface area (Å²) < 4.78 is 50.0. The van der Waals surface area contributed by atoms with Crippen LogP contribution in [0.5, 0.6) is 0 Å². The van der Waals surface area contributed by atoms with Crippen LogP contribution in [0, 0.1) is 5.82 Å². The molecule has 1 rings (SSSR count). The summed E-state index contributed by atoms with van der Waals surface area (Å²) in [7, 11) is 0. The normalized spacial score (nSPS) is 15.7. The van der Waals surface area contributed by atoms with Crippen molar-refractivity contribution in [2.24, 2.45) is 0 Å². The third kappa shape index (κ3) is 3.31. The Labute approximate surface area is 99.4 Å². The molecule has 1 aromatic rings. The van der Waals surface area contributed by atoms with Gasteiger partial charge in [-0.05, 0) is 12.1 Å². The van der Waals surface area contributed by atoms with E-state index in [1.807, 2.05) is 0 Å². The lowest BCUT2D eigenvalue weighted by atomic mass is 10.0. The van der Waals surface area contributed by atoms with Gasteiger partial charge in [0.05, 0.1) is 17.5 Å². The second kappa shape index (κ2) is 5.20. The molecule has 0 bridgehead atoms. The quantitative estimate of drug-likeness (QED) is 0.655. The van der Waals surface area contributed by atoms with Gasteiger partial charge < -0.3 is 10.2 Å². The molecule has 17 heavy (non-hydrogen) atoms. The van der Waals surface area contributed by atoms with Gasteiger partial charge in [0.25, 0.3) is 0 Å². The Hall–Kier alpha value is -0.850. The minimum absolute atomic E-state index is 0.263. The number of benzene rings is 1. The van der Waals surface area contributed by atoms with Gasteiger partial charge >= 0.3 is 6.18 Å². The maximum Gasteiger partial charge on any atom is 0.416 e. The van der Waals surface area contributed by atoms with Gasteiger partial charge in [0, 0.05) is 5.56 Å². The standard InChI is InChI=1S/C10H9ClF4O2/c11-4-8(16)9(17)6-2-1-5(3-7(6)12)10(13,14)15/h1-3,8-9,16-17H,4H2. The molecule has 2 atom stereocenters. The third-order valence-corrected chi connectivity index (χ3v) is 2.49. The molecule has 0 amide bonds. The second-order valence-electron chi connectivity index (χ2n) is 3.40. The van der Waals surface area contributed by atoms with Crippen molar-refractivity contribution in [2.75, 3.05) is 5.88 Å². The highest BCUT2D eigenvalue weighted by atomic mass is 35.5. The average Bonchev–Trinajstić information content (AvgIpc) is 2.25. The van der Waals surface area contributed by atoms with E-state index in [-0.39, 0.29) is 11.9 Å². The molecule has 2 unspecified atom stereocenters. The molecular weight excluding hydrogens is 264 g/mol. The fourth-order valence-electron chi connectivity index (χ4n) is 1.23. The van der Waals surface area contributed by atoms with Gasteiger partial charge in [-0.3, -0.25) is 0 Å². The van der Waals surface area contributed by atoms with Crippen molar-refractivity contribution in [1.29, 1.82) is 0 Å². The number of hydrogen-bond acceptors (Lipinski definition) is 2. The SMILES string of the molecule is OC(CCl)C(O)c1ccc(C(F)(F)F)cc1F.